The van der Waals surface area contributed by atoms with Crippen molar-refractivity contribution < 1.29 is 0 Å². The molecule has 0 heterocycles. The summed E-state index contributed by atoms with van der Waals surface area (Å²) in [4.78, 5) is 0. The molecule has 56 valence electrons. The largest absolute Gasteiger partial charge is 0.330 e. The van der Waals surface area contributed by atoms with Gasteiger partial charge in [0.2, 0.25) is 0 Å². The molecule has 2 heteroatoms. The minimum absolute atomic E-state index is 0.139. The van der Waals surface area contributed by atoms with Gasteiger partial charge in [-0.2, -0.15) is 0 Å². The van der Waals surface area contributed by atoms with Crippen LogP contribution in [0.5, 0.6) is 0 Å². The third kappa shape index (κ3) is 1.95. The maximum atomic E-state index is 5.54. The Morgan fingerprint density at radius 1 is 1.22 bits per heavy atom. The topological polar surface area (TPSA) is 52.0 Å². The number of hydrogen-bond donors (Lipinski definition) is 2. The molecule has 0 atom stereocenters. The van der Waals surface area contributed by atoms with E-state index in [4.69, 9.17) is 11.5 Å². The summed E-state index contributed by atoms with van der Waals surface area (Å²) in [5.74, 6) is 0.576. The van der Waals surface area contributed by atoms with E-state index in [2.05, 4.69) is 20.8 Å². The van der Waals surface area contributed by atoms with Crippen molar-refractivity contribution in [3.63, 3.8) is 0 Å². The lowest BCUT2D eigenvalue weighted by atomic mass is 9.79. The Labute approximate surface area is 57.6 Å². The van der Waals surface area contributed by atoms with E-state index in [1.54, 1.807) is 0 Å². The molecule has 0 aliphatic carbocycles. The molecule has 0 aliphatic rings. The van der Waals surface area contributed by atoms with Crippen molar-refractivity contribution in [1.82, 2.24) is 0 Å². The Hall–Kier alpha value is -0.0800. The van der Waals surface area contributed by atoms with Crippen LogP contribution in [0.1, 0.15) is 20.8 Å². The smallest absolute Gasteiger partial charge is 0.000864 e. The van der Waals surface area contributed by atoms with E-state index < -0.39 is 0 Å². The average Bonchev–Trinajstić information content (AvgIpc) is 1.86. The van der Waals surface area contributed by atoms with E-state index in [9.17, 15) is 0 Å². The molecule has 0 aromatic heterocycles. The maximum Gasteiger partial charge on any atom is -0.000864 e. The quantitative estimate of drug-likeness (QED) is 0.586. The summed E-state index contributed by atoms with van der Waals surface area (Å²) in [5, 5.41) is 0. The van der Waals surface area contributed by atoms with E-state index >= 15 is 0 Å². The summed E-state index contributed by atoms with van der Waals surface area (Å²) >= 11 is 0. The van der Waals surface area contributed by atoms with Crippen molar-refractivity contribution in [3.8, 4) is 0 Å². The Morgan fingerprint density at radius 2 is 1.56 bits per heavy atom. The first kappa shape index (κ1) is 8.92. The van der Waals surface area contributed by atoms with Crippen LogP contribution in [-0.4, -0.2) is 13.1 Å². The van der Waals surface area contributed by atoms with E-state index in [0.717, 1.165) is 0 Å². The second-order valence-corrected chi connectivity index (χ2v) is 3.22. The molecule has 9 heavy (non-hydrogen) atoms. The van der Waals surface area contributed by atoms with Gasteiger partial charge in [-0.25, -0.2) is 0 Å². The SMILES string of the molecule is CC(C)C(C)(CN)CN. The molecule has 0 aliphatic heterocycles. The summed E-state index contributed by atoms with van der Waals surface area (Å²) in [6.45, 7) is 7.79. The van der Waals surface area contributed by atoms with Gasteiger partial charge in [0.25, 0.3) is 0 Å². The van der Waals surface area contributed by atoms with Gasteiger partial charge in [0, 0.05) is 0 Å². The molecule has 0 aromatic carbocycles. The summed E-state index contributed by atoms with van der Waals surface area (Å²) in [5.41, 5.74) is 11.2. The first-order valence-corrected chi connectivity index (χ1v) is 3.47. The van der Waals surface area contributed by atoms with Gasteiger partial charge in [-0.15, -0.1) is 0 Å². The molecule has 0 spiro atoms. The van der Waals surface area contributed by atoms with Crippen LogP contribution in [0.4, 0.5) is 0 Å². The predicted octanol–water partition coefficient (Wildman–Crippen LogP) is 0.566. The van der Waals surface area contributed by atoms with Crippen LogP contribution >= 0.6 is 0 Å². The normalized spacial score (nSPS) is 12.7. The highest BCUT2D eigenvalue weighted by Gasteiger charge is 2.24. The van der Waals surface area contributed by atoms with Crippen molar-refractivity contribution in [2.24, 2.45) is 22.8 Å². The second kappa shape index (κ2) is 3.18. The average molecular weight is 130 g/mol. The van der Waals surface area contributed by atoms with Gasteiger partial charge in [-0.3, -0.25) is 0 Å². The molecule has 0 rings (SSSR count). The fourth-order valence-corrected chi connectivity index (χ4v) is 0.555. The molecule has 0 aromatic rings. The molecule has 0 amide bonds. The summed E-state index contributed by atoms with van der Waals surface area (Å²) in [7, 11) is 0. The first-order chi connectivity index (χ1) is 4.06. The Morgan fingerprint density at radius 3 is 1.56 bits per heavy atom. The summed E-state index contributed by atoms with van der Waals surface area (Å²) < 4.78 is 0. The van der Waals surface area contributed by atoms with Gasteiger partial charge in [0.05, 0.1) is 0 Å². The zero-order valence-electron chi connectivity index (χ0n) is 6.65. The molecule has 0 bridgehead atoms. The van der Waals surface area contributed by atoms with Crippen LogP contribution in [0.15, 0.2) is 0 Å². The molecule has 0 saturated heterocycles. The molecular weight excluding hydrogens is 112 g/mol. The number of rotatable bonds is 3. The van der Waals surface area contributed by atoms with Crippen LogP contribution in [0.3, 0.4) is 0 Å². The third-order valence-corrected chi connectivity index (χ3v) is 2.33. The van der Waals surface area contributed by atoms with Gasteiger partial charge < -0.3 is 11.5 Å². The van der Waals surface area contributed by atoms with Crippen LogP contribution in [0.25, 0.3) is 0 Å². The monoisotopic (exact) mass is 130 g/mol. The highest BCUT2D eigenvalue weighted by atomic mass is 14.7. The fourth-order valence-electron chi connectivity index (χ4n) is 0.555. The summed E-state index contributed by atoms with van der Waals surface area (Å²) in [6, 6.07) is 0. The summed E-state index contributed by atoms with van der Waals surface area (Å²) in [6.07, 6.45) is 0. The number of hydrogen-bond acceptors (Lipinski definition) is 2. The van der Waals surface area contributed by atoms with Crippen molar-refractivity contribution in [2.45, 2.75) is 20.8 Å². The lowest BCUT2D eigenvalue weighted by Crippen LogP contribution is -2.39. The van der Waals surface area contributed by atoms with Gasteiger partial charge in [0.1, 0.15) is 0 Å². The molecular formula is C7H18N2. The molecule has 0 radical (unpaired) electrons. The zero-order valence-corrected chi connectivity index (χ0v) is 6.65. The van der Waals surface area contributed by atoms with Gasteiger partial charge in [-0.1, -0.05) is 20.8 Å². The van der Waals surface area contributed by atoms with E-state index in [0.29, 0.717) is 19.0 Å². The second-order valence-electron chi connectivity index (χ2n) is 3.22. The maximum absolute atomic E-state index is 5.54. The van der Waals surface area contributed by atoms with E-state index in [1.165, 1.54) is 0 Å². The molecule has 0 unspecified atom stereocenters. The van der Waals surface area contributed by atoms with Crippen molar-refractivity contribution in [3.05, 3.63) is 0 Å². The van der Waals surface area contributed by atoms with Crippen LogP contribution in [0.2, 0.25) is 0 Å². The third-order valence-electron chi connectivity index (χ3n) is 2.33. The fraction of sp³-hybridized carbons (Fsp3) is 1.00. The van der Waals surface area contributed by atoms with Crippen molar-refractivity contribution in [1.29, 1.82) is 0 Å². The highest BCUT2D eigenvalue weighted by Crippen LogP contribution is 2.22. The standard InChI is InChI=1S/C7H18N2/c1-6(2)7(3,4-8)5-9/h6H,4-5,8-9H2,1-3H3. The Kier molecular flexibility index (Phi) is 3.15. The first-order valence-electron chi connectivity index (χ1n) is 3.47. The van der Waals surface area contributed by atoms with Crippen molar-refractivity contribution >= 4 is 0 Å². The van der Waals surface area contributed by atoms with Crippen molar-refractivity contribution in [2.75, 3.05) is 13.1 Å². The van der Waals surface area contributed by atoms with Crippen LogP contribution in [-0.2, 0) is 0 Å². The lowest BCUT2D eigenvalue weighted by Gasteiger charge is -2.30. The Balaban J connectivity index is 3.92. The minimum atomic E-state index is 0.139. The van der Waals surface area contributed by atoms with Crippen LogP contribution < -0.4 is 11.5 Å². The van der Waals surface area contributed by atoms with Gasteiger partial charge in [0.15, 0.2) is 0 Å². The van der Waals surface area contributed by atoms with Crippen LogP contribution in [0, 0.1) is 11.3 Å². The highest BCUT2D eigenvalue weighted by molar-refractivity contribution is 4.78. The zero-order chi connectivity index (χ0) is 7.49. The van der Waals surface area contributed by atoms with Gasteiger partial charge in [-0.05, 0) is 24.4 Å². The molecule has 4 N–H and O–H groups in total. The lowest BCUT2D eigenvalue weighted by molar-refractivity contribution is 0.240. The predicted molar refractivity (Wildman–Crippen MR) is 41.1 cm³/mol. The molecule has 0 saturated carbocycles. The Bertz CT molecular complexity index is 75.0. The molecule has 2 nitrogen and oxygen atoms in total. The van der Waals surface area contributed by atoms with E-state index in [-0.39, 0.29) is 5.41 Å². The van der Waals surface area contributed by atoms with E-state index in [1.807, 2.05) is 0 Å². The number of nitrogens with two attached hydrogens (primary N) is 2. The molecule has 0 fully saturated rings. The minimum Gasteiger partial charge on any atom is -0.330 e. The van der Waals surface area contributed by atoms with Gasteiger partial charge >= 0.3 is 0 Å².